The molecule has 6 heteroatoms. The van der Waals surface area contributed by atoms with Gasteiger partial charge in [0.05, 0.1) is 11.4 Å². The van der Waals surface area contributed by atoms with E-state index in [1.807, 2.05) is 91.0 Å². The molecular formula is C55H37N5O. The minimum Gasteiger partial charge on any atom is -0.485 e. The third kappa shape index (κ3) is 7.21. The first-order valence-electron chi connectivity index (χ1n) is 20.5. The topological polar surface area (TPSA) is 73.7 Å². The van der Waals surface area contributed by atoms with Crippen LogP contribution in [0, 0.1) is 0 Å². The van der Waals surface area contributed by atoms with Crippen LogP contribution >= 0.6 is 0 Å². The molecule has 3 heterocycles. The monoisotopic (exact) mass is 783 g/mol. The van der Waals surface area contributed by atoms with E-state index in [-0.39, 0.29) is 12.0 Å². The van der Waals surface area contributed by atoms with Crippen molar-refractivity contribution in [3.8, 4) is 84.8 Å². The van der Waals surface area contributed by atoms with Crippen LogP contribution in [-0.4, -0.2) is 31.0 Å². The van der Waals surface area contributed by atoms with Gasteiger partial charge in [0.2, 0.25) is 0 Å². The van der Waals surface area contributed by atoms with Crippen LogP contribution in [0.1, 0.15) is 17.2 Å². The van der Waals surface area contributed by atoms with E-state index in [4.69, 9.17) is 29.7 Å². The fourth-order valence-electron chi connectivity index (χ4n) is 8.19. The molecule has 11 rings (SSSR count). The Bertz CT molecular complexity index is 3070. The first kappa shape index (κ1) is 36.0. The third-order valence-corrected chi connectivity index (χ3v) is 11.3. The first-order chi connectivity index (χ1) is 30.2. The second-order valence-corrected chi connectivity index (χ2v) is 15.2. The summed E-state index contributed by atoms with van der Waals surface area (Å²) < 4.78 is 6.39. The lowest BCUT2D eigenvalue weighted by Gasteiger charge is -2.19. The molecule has 2 aliphatic rings. The van der Waals surface area contributed by atoms with Crippen LogP contribution in [0.2, 0.25) is 0 Å². The number of para-hydroxylation sites is 1. The van der Waals surface area contributed by atoms with Crippen molar-refractivity contribution in [2.45, 2.75) is 12.0 Å². The molecule has 0 radical (unpaired) electrons. The van der Waals surface area contributed by atoms with E-state index in [0.29, 0.717) is 23.3 Å². The molecule has 288 valence electrons. The molecule has 7 aromatic carbocycles. The zero-order valence-electron chi connectivity index (χ0n) is 33.0. The van der Waals surface area contributed by atoms with Crippen LogP contribution in [0.15, 0.2) is 212 Å². The number of ether oxygens (including phenoxy) is 1. The van der Waals surface area contributed by atoms with Gasteiger partial charge in [0.1, 0.15) is 11.9 Å². The molecule has 6 nitrogen and oxygen atoms in total. The lowest BCUT2D eigenvalue weighted by Crippen LogP contribution is -2.17. The Morgan fingerprint density at radius 2 is 0.770 bits per heavy atom. The number of fused-ring (bicyclic) bond motifs is 3. The molecule has 61 heavy (non-hydrogen) atoms. The lowest BCUT2D eigenvalue weighted by molar-refractivity contribution is 0.269. The van der Waals surface area contributed by atoms with Gasteiger partial charge in [-0.15, -0.1) is 0 Å². The molecular weight excluding hydrogens is 747 g/mol. The fraction of sp³-hybridized carbons (Fsp3) is 0.0364. The quantitative estimate of drug-likeness (QED) is 0.153. The molecule has 0 saturated heterocycles. The van der Waals surface area contributed by atoms with Crippen molar-refractivity contribution in [3.63, 3.8) is 0 Å². The second-order valence-electron chi connectivity index (χ2n) is 15.2. The highest BCUT2D eigenvalue weighted by Crippen LogP contribution is 2.43. The van der Waals surface area contributed by atoms with Crippen LogP contribution in [0.3, 0.4) is 0 Å². The fourth-order valence-corrected chi connectivity index (χ4v) is 8.19. The van der Waals surface area contributed by atoms with Crippen molar-refractivity contribution in [2.24, 2.45) is 0 Å². The Morgan fingerprint density at radius 1 is 0.344 bits per heavy atom. The molecule has 2 atom stereocenters. The summed E-state index contributed by atoms with van der Waals surface area (Å²) in [7, 11) is 0. The average Bonchev–Trinajstić information content (AvgIpc) is 3.73. The van der Waals surface area contributed by atoms with E-state index in [0.717, 1.165) is 72.8 Å². The van der Waals surface area contributed by atoms with Crippen molar-refractivity contribution in [2.75, 3.05) is 0 Å². The summed E-state index contributed by atoms with van der Waals surface area (Å²) in [6.07, 6.45) is 6.54. The summed E-state index contributed by atoms with van der Waals surface area (Å²) in [5, 5.41) is 0. The normalized spacial score (nSPS) is 15.0. The van der Waals surface area contributed by atoms with Crippen molar-refractivity contribution in [1.29, 1.82) is 0 Å². The van der Waals surface area contributed by atoms with E-state index in [2.05, 4.69) is 121 Å². The molecule has 2 aromatic heterocycles. The average molecular weight is 784 g/mol. The molecule has 1 aliphatic carbocycles. The van der Waals surface area contributed by atoms with E-state index >= 15 is 0 Å². The Morgan fingerprint density at radius 3 is 1.36 bits per heavy atom. The summed E-state index contributed by atoms with van der Waals surface area (Å²) >= 11 is 0. The van der Waals surface area contributed by atoms with Gasteiger partial charge < -0.3 is 4.74 Å². The molecule has 0 saturated carbocycles. The highest BCUT2D eigenvalue weighted by Gasteiger charge is 2.33. The van der Waals surface area contributed by atoms with E-state index in [9.17, 15) is 0 Å². The van der Waals surface area contributed by atoms with Crippen LogP contribution in [-0.2, 0) is 0 Å². The van der Waals surface area contributed by atoms with Crippen LogP contribution in [0.5, 0.6) is 5.75 Å². The Balaban J connectivity index is 0.935. The highest BCUT2D eigenvalue weighted by molar-refractivity contribution is 5.81. The van der Waals surface area contributed by atoms with Gasteiger partial charge in [-0.2, -0.15) is 0 Å². The van der Waals surface area contributed by atoms with E-state index in [1.54, 1.807) is 0 Å². The Labute approximate surface area is 354 Å². The standard InChI is InChI=1S/C55H37N5O/c1-4-15-36(16-5-1)52-56-48(35-49(57-52)44-29-30-47-46-27-10-11-28-50(46)61-51(47)34-44)43-25-13-23-41(32-43)39-21-12-22-40(31-39)42-24-14-26-45(33-42)55-59-53(37-17-6-2-7-18-37)58-54(60-55)38-19-8-3-9-20-38/h1-35,47,51H. The largest absolute Gasteiger partial charge is 0.485 e. The van der Waals surface area contributed by atoms with Gasteiger partial charge >= 0.3 is 0 Å². The summed E-state index contributed by atoms with van der Waals surface area (Å²) in [5.74, 6) is 3.71. The van der Waals surface area contributed by atoms with Gasteiger partial charge in [0, 0.05) is 39.3 Å². The first-order valence-corrected chi connectivity index (χ1v) is 20.5. The summed E-state index contributed by atoms with van der Waals surface area (Å²) in [5.41, 5.74) is 13.1. The minimum absolute atomic E-state index is 0.0805. The number of allylic oxidation sites excluding steroid dienone is 2. The molecule has 0 spiro atoms. The maximum atomic E-state index is 6.39. The molecule has 0 N–H and O–H groups in total. The van der Waals surface area contributed by atoms with Gasteiger partial charge in [-0.1, -0.05) is 176 Å². The second kappa shape index (κ2) is 15.6. The molecule has 9 aromatic rings. The van der Waals surface area contributed by atoms with Crippen molar-refractivity contribution in [3.05, 3.63) is 224 Å². The minimum atomic E-state index is -0.0805. The Hall–Kier alpha value is -8.09. The zero-order chi connectivity index (χ0) is 40.5. The van der Waals surface area contributed by atoms with Gasteiger partial charge in [-0.05, 0) is 64.2 Å². The van der Waals surface area contributed by atoms with Gasteiger partial charge in [-0.3, -0.25) is 0 Å². The van der Waals surface area contributed by atoms with Crippen molar-refractivity contribution in [1.82, 2.24) is 24.9 Å². The number of rotatable bonds is 8. The van der Waals surface area contributed by atoms with E-state index in [1.165, 1.54) is 5.56 Å². The van der Waals surface area contributed by atoms with Crippen molar-refractivity contribution >= 4 is 5.57 Å². The Kier molecular flexibility index (Phi) is 9.20. The van der Waals surface area contributed by atoms with Gasteiger partial charge in [0.15, 0.2) is 23.3 Å². The maximum Gasteiger partial charge on any atom is 0.164 e. The van der Waals surface area contributed by atoms with Crippen LogP contribution < -0.4 is 4.74 Å². The molecule has 0 amide bonds. The predicted molar refractivity (Wildman–Crippen MR) is 244 cm³/mol. The van der Waals surface area contributed by atoms with Crippen molar-refractivity contribution < 1.29 is 4.74 Å². The van der Waals surface area contributed by atoms with Gasteiger partial charge in [-0.25, -0.2) is 24.9 Å². The maximum absolute atomic E-state index is 6.39. The number of aromatic nitrogens is 5. The van der Waals surface area contributed by atoms with Crippen LogP contribution in [0.25, 0.3) is 84.6 Å². The predicted octanol–water partition coefficient (Wildman–Crippen LogP) is 12.8. The SMILES string of the molecule is C1=CC2c3ccccc3OC2C=C1c1cc(-c2cccc(-c3cccc(-c4cccc(-c5nc(-c6ccccc6)nc(-c6ccccc6)n5)c4)c3)c2)nc(-c2ccccc2)n1. The summed E-state index contributed by atoms with van der Waals surface area (Å²) in [6, 6.07) is 66.4. The number of hydrogen-bond acceptors (Lipinski definition) is 6. The summed E-state index contributed by atoms with van der Waals surface area (Å²) in [6.45, 7) is 0. The summed E-state index contributed by atoms with van der Waals surface area (Å²) in [4.78, 5) is 25.1. The number of hydrogen-bond donors (Lipinski definition) is 0. The van der Waals surface area contributed by atoms with E-state index < -0.39 is 0 Å². The zero-order valence-corrected chi connectivity index (χ0v) is 33.0. The number of benzene rings is 7. The molecule has 0 bridgehead atoms. The highest BCUT2D eigenvalue weighted by atomic mass is 16.5. The smallest absolute Gasteiger partial charge is 0.164 e. The molecule has 2 unspecified atom stereocenters. The lowest BCUT2D eigenvalue weighted by atomic mass is 9.88. The van der Waals surface area contributed by atoms with Gasteiger partial charge in [0.25, 0.3) is 0 Å². The number of nitrogens with zero attached hydrogens (tertiary/aromatic N) is 5. The van der Waals surface area contributed by atoms with Crippen LogP contribution in [0.4, 0.5) is 0 Å². The molecule has 1 aliphatic heterocycles. The third-order valence-electron chi connectivity index (χ3n) is 11.3. The molecule has 0 fully saturated rings.